The third kappa shape index (κ3) is 4.19. The first-order chi connectivity index (χ1) is 11.6. The molecule has 126 valence electrons. The summed E-state index contributed by atoms with van der Waals surface area (Å²) in [7, 11) is -1.93. The molecule has 0 bridgehead atoms. The first-order valence-corrected chi connectivity index (χ1v) is 10.6. The van der Waals surface area contributed by atoms with Gasteiger partial charge in [-0.15, -0.1) is 11.3 Å². The van der Waals surface area contributed by atoms with Crippen molar-refractivity contribution in [1.82, 2.24) is 4.98 Å². The lowest BCUT2D eigenvalue weighted by atomic mass is 10.3. The number of sulfonamides is 1. The van der Waals surface area contributed by atoms with Crippen molar-refractivity contribution in [2.75, 3.05) is 23.3 Å². The summed E-state index contributed by atoms with van der Waals surface area (Å²) in [6.45, 7) is 0. The summed E-state index contributed by atoms with van der Waals surface area (Å²) in [5.74, 6) is 0.940. The number of thioether (sulfide) groups is 1. The van der Waals surface area contributed by atoms with Gasteiger partial charge in [0.05, 0.1) is 28.8 Å². The van der Waals surface area contributed by atoms with Crippen molar-refractivity contribution in [3.05, 3.63) is 48.5 Å². The largest absolute Gasteiger partial charge is 0.495 e. The van der Waals surface area contributed by atoms with Crippen molar-refractivity contribution in [3.63, 3.8) is 0 Å². The summed E-state index contributed by atoms with van der Waals surface area (Å²) in [6.07, 6.45) is 0. The highest BCUT2D eigenvalue weighted by Crippen LogP contribution is 2.29. The summed E-state index contributed by atoms with van der Waals surface area (Å²) < 4.78 is 34.2. The van der Waals surface area contributed by atoms with Gasteiger partial charge >= 0.3 is 0 Å². The molecule has 2 aromatic carbocycles. The van der Waals surface area contributed by atoms with Crippen LogP contribution in [0.5, 0.6) is 5.75 Å². The van der Waals surface area contributed by atoms with E-state index >= 15 is 0 Å². The van der Waals surface area contributed by atoms with Crippen LogP contribution in [-0.4, -0.2) is 32.0 Å². The predicted octanol–water partition coefficient (Wildman–Crippen LogP) is 3.84. The van der Waals surface area contributed by atoms with Crippen LogP contribution >= 0.6 is 23.1 Å². The van der Waals surface area contributed by atoms with Crippen molar-refractivity contribution < 1.29 is 13.2 Å². The Bertz CT molecular complexity index is 905. The molecule has 1 heterocycles. The van der Waals surface area contributed by atoms with Gasteiger partial charge in [0, 0.05) is 5.75 Å². The lowest BCUT2D eigenvalue weighted by Crippen LogP contribution is -2.18. The third-order valence-electron chi connectivity index (χ3n) is 3.22. The number of methoxy groups -OCH3 is 1. The zero-order chi connectivity index (χ0) is 17.0. The number of fused-ring (bicyclic) bond motifs is 1. The normalized spacial score (nSPS) is 11.5. The zero-order valence-corrected chi connectivity index (χ0v) is 15.4. The molecule has 0 aliphatic rings. The summed E-state index contributed by atoms with van der Waals surface area (Å²) in [4.78, 5) is 4.49. The molecule has 0 spiro atoms. The predicted molar refractivity (Wildman–Crippen MR) is 101 cm³/mol. The van der Waals surface area contributed by atoms with Gasteiger partial charge in [-0.3, -0.25) is 4.72 Å². The molecule has 0 saturated carbocycles. The van der Waals surface area contributed by atoms with Gasteiger partial charge < -0.3 is 4.74 Å². The summed E-state index contributed by atoms with van der Waals surface area (Å²) in [5, 5.41) is 0. The van der Waals surface area contributed by atoms with Crippen LogP contribution in [0.25, 0.3) is 10.2 Å². The van der Waals surface area contributed by atoms with Gasteiger partial charge in [0.25, 0.3) is 0 Å². The van der Waals surface area contributed by atoms with E-state index in [2.05, 4.69) is 9.71 Å². The molecular weight excluding hydrogens is 364 g/mol. The van der Waals surface area contributed by atoms with E-state index in [1.54, 1.807) is 35.6 Å². The Morgan fingerprint density at radius 2 is 1.92 bits per heavy atom. The minimum absolute atomic E-state index is 0.00560. The van der Waals surface area contributed by atoms with Gasteiger partial charge in [-0.1, -0.05) is 36.0 Å². The molecule has 0 amide bonds. The molecule has 1 aromatic heterocycles. The first kappa shape index (κ1) is 17.1. The number of rotatable bonds is 7. The average molecular weight is 381 g/mol. The molecule has 0 aliphatic carbocycles. The van der Waals surface area contributed by atoms with Gasteiger partial charge in [-0.2, -0.15) is 0 Å². The fourth-order valence-electron chi connectivity index (χ4n) is 2.10. The zero-order valence-electron chi connectivity index (χ0n) is 12.9. The number of hydrogen-bond donors (Lipinski definition) is 1. The van der Waals surface area contributed by atoms with E-state index < -0.39 is 10.0 Å². The van der Waals surface area contributed by atoms with Crippen LogP contribution < -0.4 is 9.46 Å². The molecule has 3 aromatic rings. The summed E-state index contributed by atoms with van der Waals surface area (Å²) in [6, 6.07) is 14.8. The summed E-state index contributed by atoms with van der Waals surface area (Å²) in [5.41, 5.74) is 1.39. The molecule has 5 nitrogen and oxygen atoms in total. The van der Waals surface area contributed by atoms with Gasteiger partial charge in [0.15, 0.2) is 4.34 Å². The molecule has 0 radical (unpaired) electrons. The van der Waals surface area contributed by atoms with Crippen molar-refractivity contribution >= 4 is 49.0 Å². The second-order valence-corrected chi connectivity index (χ2v) is 9.13. The Kier molecular flexibility index (Phi) is 5.27. The molecule has 0 aliphatic heterocycles. The topological polar surface area (TPSA) is 68.3 Å². The molecule has 3 rings (SSSR count). The number of benzene rings is 2. The molecule has 0 saturated heterocycles. The molecule has 8 heteroatoms. The van der Waals surface area contributed by atoms with E-state index in [-0.39, 0.29) is 5.75 Å². The van der Waals surface area contributed by atoms with Crippen LogP contribution in [0.3, 0.4) is 0 Å². The van der Waals surface area contributed by atoms with E-state index in [0.717, 1.165) is 14.6 Å². The Hall–Kier alpha value is -1.77. The Labute approximate surface area is 149 Å². The fourth-order valence-corrected chi connectivity index (χ4v) is 5.71. The van der Waals surface area contributed by atoms with Gasteiger partial charge in [0.2, 0.25) is 10.0 Å². The standard InChI is InChI=1S/C16H16N2O3S3/c1-21-14-8-4-2-6-12(14)18-24(19,20)11-10-22-16-17-13-7-3-5-9-15(13)23-16/h2-9,18H,10-11H2,1H3. The van der Waals surface area contributed by atoms with E-state index in [4.69, 9.17) is 4.74 Å². The number of hydrogen-bond acceptors (Lipinski definition) is 6. The molecule has 0 atom stereocenters. The maximum Gasteiger partial charge on any atom is 0.233 e. The maximum atomic E-state index is 12.2. The Morgan fingerprint density at radius 1 is 1.17 bits per heavy atom. The Morgan fingerprint density at radius 3 is 2.71 bits per heavy atom. The van der Waals surface area contributed by atoms with E-state index in [9.17, 15) is 8.42 Å². The van der Waals surface area contributed by atoms with Crippen LogP contribution in [-0.2, 0) is 10.0 Å². The molecule has 1 N–H and O–H groups in total. The highest BCUT2D eigenvalue weighted by Gasteiger charge is 2.14. The SMILES string of the molecule is COc1ccccc1NS(=O)(=O)CCSc1nc2ccccc2s1. The van der Waals surface area contributed by atoms with Crippen LogP contribution in [0.1, 0.15) is 0 Å². The third-order valence-corrected chi connectivity index (χ3v) is 6.94. The van der Waals surface area contributed by atoms with Crippen molar-refractivity contribution in [3.8, 4) is 5.75 Å². The van der Waals surface area contributed by atoms with E-state index in [1.165, 1.54) is 18.9 Å². The van der Waals surface area contributed by atoms with Gasteiger partial charge in [-0.25, -0.2) is 13.4 Å². The van der Waals surface area contributed by atoms with E-state index in [0.29, 0.717) is 17.2 Å². The van der Waals surface area contributed by atoms with Crippen LogP contribution in [0.2, 0.25) is 0 Å². The quantitative estimate of drug-likeness (QED) is 0.631. The maximum absolute atomic E-state index is 12.2. The molecule has 0 fully saturated rings. The number of para-hydroxylation sites is 3. The van der Waals surface area contributed by atoms with Crippen LogP contribution in [0.15, 0.2) is 52.9 Å². The lowest BCUT2D eigenvalue weighted by Gasteiger charge is -2.11. The minimum Gasteiger partial charge on any atom is -0.495 e. The van der Waals surface area contributed by atoms with Gasteiger partial charge in [0.1, 0.15) is 5.75 Å². The Balaban J connectivity index is 1.60. The monoisotopic (exact) mass is 380 g/mol. The number of ether oxygens (including phenoxy) is 1. The number of thiazole rings is 1. The van der Waals surface area contributed by atoms with Crippen molar-refractivity contribution in [2.24, 2.45) is 0 Å². The van der Waals surface area contributed by atoms with Gasteiger partial charge in [-0.05, 0) is 24.3 Å². The van der Waals surface area contributed by atoms with Crippen LogP contribution in [0.4, 0.5) is 5.69 Å². The van der Waals surface area contributed by atoms with Crippen LogP contribution in [0, 0.1) is 0 Å². The molecule has 24 heavy (non-hydrogen) atoms. The number of anilines is 1. The smallest absolute Gasteiger partial charge is 0.233 e. The first-order valence-electron chi connectivity index (χ1n) is 7.19. The minimum atomic E-state index is -3.44. The molecular formula is C16H16N2O3S3. The highest BCUT2D eigenvalue weighted by molar-refractivity contribution is 8.02. The number of nitrogens with zero attached hydrogens (tertiary/aromatic N) is 1. The van der Waals surface area contributed by atoms with E-state index in [1.807, 2.05) is 24.3 Å². The number of nitrogens with one attached hydrogen (secondary N) is 1. The second kappa shape index (κ2) is 7.42. The highest BCUT2D eigenvalue weighted by atomic mass is 32.2. The number of aromatic nitrogens is 1. The second-order valence-electron chi connectivity index (χ2n) is 4.92. The fraction of sp³-hybridized carbons (Fsp3) is 0.188. The summed E-state index contributed by atoms with van der Waals surface area (Å²) >= 11 is 3.03. The van der Waals surface area contributed by atoms with Crippen molar-refractivity contribution in [2.45, 2.75) is 4.34 Å². The average Bonchev–Trinajstić information content (AvgIpc) is 2.97. The van der Waals surface area contributed by atoms with Crippen molar-refractivity contribution in [1.29, 1.82) is 0 Å². The lowest BCUT2D eigenvalue weighted by molar-refractivity contribution is 0.417. The molecule has 0 unspecified atom stereocenters.